The molecule has 0 bridgehead atoms. The number of hydrogen-bond donors (Lipinski definition) is 3. The van der Waals surface area contributed by atoms with Crippen molar-refractivity contribution in [2.75, 3.05) is 18.4 Å². The lowest BCUT2D eigenvalue weighted by molar-refractivity contribution is -0.120. The van der Waals surface area contributed by atoms with E-state index in [1.54, 1.807) is 12.1 Å². The van der Waals surface area contributed by atoms with E-state index in [0.717, 1.165) is 25.7 Å². The molecule has 1 aromatic rings. The zero-order valence-electron chi connectivity index (χ0n) is 13.7. The normalized spacial score (nSPS) is 16.0. The van der Waals surface area contributed by atoms with E-state index in [4.69, 9.17) is 5.73 Å². The van der Waals surface area contributed by atoms with Crippen molar-refractivity contribution in [3.05, 3.63) is 24.3 Å². The lowest BCUT2D eigenvalue weighted by Gasteiger charge is -2.15. The second-order valence-electron chi connectivity index (χ2n) is 5.89. The molecule has 0 saturated heterocycles. The summed E-state index contributed by atoms with van der Waals surface area (Å²) in [6.07, 6.45) is 6.34. The lowest BCUT2D eigenvalue weighted by atomic mass is 9.99. The molecule has 1 aliphatic carbocycles. The van der Waals surface area contributed by atoms with Gasteiger partial charge < -0.3 is 11.1 Å². The fourth-order valence-corrected chi connectivity index (χ4v) is 3.90. The van der Waals surface area contributed by atoms with Crippen molar-refractivity contribution in [1.82, 2.24) is 4.72 Å². The summed E-state index contributed by atoms with van der Waals surface area (Å²) in [7, 11) is -3.59. The highest BCUT2D eigenvalue weighted by Crippen LogP contribution is 2.24. The van der Waals surface area contributed by atoms with Crippen LogP contribution < -0.4 is 15.8 Å². The molecule has 1 aliphatic rings. The first kappa shape index (κ1) is 20.9. The summed E-state index contributed by atoms with van der Waals surface area (Å²) in [6, 6.07) is 6.31. The lowest BCUT2D eigenvalue weighted by Crippen LogP contribution is -2.29. The Morgan fingerprint density at radius 2 is 1.83 bits per heavy atom. The molecule has 0 aliphatic heterocycles. The maximum Gasteiger partial charge on any atom is 0.240 e. The zero-order chi connectivity index (χ0) is 16.7. The predicted molar refractivity (Wildman–Crippen MR) is 97.8 cm³/mol. The smallest absolute Gasteiger partial charge is 0.240 e. The van der Waals surface area contributed by atoms with Gasteiger partial charge in [0.15, 0.2) is 0 Å². The van der Waals surface area contributed by atoms with Gasteiger partial charge in [-0.15, -0.1) is 12.4 Å². The molecule has 1 amide bonds. The summed E-state index contributed by atoms with van der Waals surface area (Å²) in [5.74, 6) is 0.00416. The Labute approximate surface area is 150 Å². The number of carbonyl (C=O) groups is 1. The highest BCUT2D eigenvalue weighted by atomic mass is 35.5. The SMILES string of the molecule is Cl.NCCNS(=O)(=O)c1cccc(NC(=O)C2CCCCCC2)c1. The first-order valence-corrected chi connectivity index (χ1v) is 9.62. The number of benzene rings is 1. The van der Waals surface area contributed by atoms with E-state index in [9.17, 15) is 13.2 Å². The average molecular weight is 376 g/mol. The molecule has 1 aromatic carbocycles. The van der Waals surface area contributed by atoms with Crippen LogP contribution in [0.15, 0.2) is 29.2 Å². The van der Waals surface area contributed by atoms with Gasteiger partial charge in [-0.1, -0.05) is 31.7 Å². The van der Waals surface area contributed by atoms with Crippen LogP contribution in [-0.2, 0) is 14.8 Å². The van der Waals surface area contributed by atoms with Gasteiger partial charge in [0, 0.05) is 24.7 Å². The first-order chi connectivity index (χ1) is 11.0. The van der Waals surface area contributed by atoms with Gasteiger partial charge in [0.25, 0.3) is 0 Å². The van der Waals surface area contributed by atoms with Crippen LogP contribution in [0.1, 0.15) is 38.5 Å². The molecule has 0 radical (unpaired) electrons. The van der Waals surface area contributed by atoms with Gasteiger partial charge >= 0.3 is 0 Å². The van der Waals surface area contributed by atoms with Gasteiger partial charge in [-0.05, 0) is 31.0 Å². The van der Waals surface area contributed by atoms with E-state index in [2.05, 4.69) is 10.0 Å². The molecule has 8 heteroatoms. The molecule has 1 fully saturated rings. The van der Waals surface area contributed by atoms with Crippen LogP contribution >= 0.6 is 12.4 Å². The maximum atomic E-state index is 12.4. The Bertz CT molecular complexity index is 629. The minimum Gasteiger partial charge on any atom is -0.329 e. The van der Waals surface area contributed by atoms with E-state index in [-0.39, 0.29) is 42.2 Å². The third kappa shape index (κ3) is 6.05. The van der Waals surface area contributed by atoms with Crippen molar-refractivity contribution in [1.29, 1.82) is 0 Å². The molecule has 136 valence electrons. The summed E-state index contributed by atoms with van der Waals surface area (Å²) in [5, 5.41) is 2.85. The van der Waals surface area contributed by atoms with Gasteiger partial charge in [0.2, 0.25) is 15.9 Å². The van der Waals surface area contributed by atoms with E-state index in [1.165, 1.54) is 25.0 Å². The number of halogens is 1. The van der Waals surface area contributed by atoms with E-state index in [0.29, 0.717) is 5.69 Å². The molecular formula is C16H26ClN3O3S. The highest BCUT2D eigenvalue weighted by Gasteiger charge is 2.20. The van der Waals surface area contributed by atoms with Gasteiger partial charge in [-0.3, -0.25) is 4.79 Å². The third-order valence-corrected chi connectivity index (χ3v) is 5.53. The van der Waals surface area contributed by atoms with E-state index >= 15 is 0 Å². The Hall–Kier alpha value is -1.15. The van der Waals surface area contributed by atoms with Crippen molar-refractivity contribution in [2.45, 2.75) is 43.4 Å². The van der Waals surface area contributed by atoms with Crippen LogP contribution in [0, 0.1) is 5.92 Å². The summed E-state index contributed by atoms with van der Waals surface area (Å²) >= 11 is 0. The topological polar surface area (TPSA) is 101 Å². The molecule has 1 saturated carbocycles. The zero-order valence-corrected chi connectivity index (χ0v) is 15.3. The minimum atomic E-state index is -3.59. The molecule has 0 unspecified atom stereocenters. The maximum absolute atomic E-state index is 12.4. The van der Waals surface area contributed by atoms with Crippen LogP contribution in [0.25, 0.3) is 0 Å². The summed E-state index contributed by atoms with van der Waals surface area (Å²) < 4.78 is 26.6. The Morgan fingerprint density at radius 3 is 2.46 bits per heavy atom. The molecule has 24 heavy (non-hydrogen) atoms. The number of sulfonamides is 1. The number of amides is 1. The van der Waals surface area contributed by atoms with Crippen molar-refractivity contribution >= 4 is 34.0 Å². The summed E-state index contributed by atoms with van der Waals surface area (Å²) in [6.45, 7) is 0.415. The predicted octanol–water partition coefficient (Wildman–Crippen LogP) is 2.25. The molecule has 0 aromatic heterocycles. The van der Waals surface area contributed by atoms with Crippen molar-refractivity contribution in [3.8, 4) is 0 Å². The van der Waals surface area contributed by atoms with E-state index in [1.807, 2.05) is 0 Å². The average Bonchev–Trinajstić information content (AvgIpc) is 2.82. The Kier molecular flexibility index (Phi) is 8.69. The molecule has 0 atom stereocenters. The molecule has 2 rings (SSSR count). The van der Waals surface area contributed by atoms with Crippen LogP contribution in [0.3, 0.4) is 0 Å². The van der Waals surface area contributed by atoms with Gasteiger partial charge in [-0.25, -0.2) is 13.1 Å². The second-order valence-corrected chi connectivity index (χ2v) is 7.66. The minimum absolute atomic E-state index is 0. The van der Waals surface area contributed by atoms with Crippen molar-refractivity contribution in [2.24, 2.45) is 11.7 Å². The first-order valence-electron chi connectivity index (χ1n) is 8.13. The monoisotopic (exact) mass is 375 g/mol. The van der Waals surface area contributed by atoms with Crippen LogP contribution in [0.4, 0.5) is 5.69 Å². The Morgan fingerprint density at radius 1 is 1.17 bits per heavy atom. The van der Waals surface area contributed by atoms with Gasteiger partial charge in [0.1, 0.15) is 0 Å². The van der Waals surface area contributed by atoms with E-state index < -0.39 is 10.0 Å². The molecule has 0 heterocycles. The summed E-state index contributed by atoms with van der Waals surface area (Å²) in [5.41, 5.74) is 5.83. The molecule has 4 N–H and O–H groups in total. The van der Waals surface area contributed by atoms with Crippen LogP contribution in [0.5, 0.6) is 0 Å². The number of carbonyl (C=O) groups excluding carboxylic acids is 1. The number of hydrogen-bond acceptors (Lipinski definition) is 4. The quantitative estimate of drug-likeness (QED) is 0.663. The summed E-state index contributed by atoms with van der Waals surface area (Å²) in [4.78, 5) is 12.5. The van der Waals surface area contributed by atoms with Gasteiger partial charge in [-0.2, -0.15) is 0 Å². The largest absolute Gasteiger partial charge is 0.329 e. The van der Waals surface area contributed by atoms with Crippen molar-refractivity contribution in [3.63, 3.8) is 0 Å². The van der Waals surface area contributed by atoms with Crippen molar-refractivity contribution < 1.29 is 13.2 Å². The standard InChI is InChI=1S/C16H25N3O3S.ClH/c17-10-11-18-23(21,22)15-9-5-8-14(12-15)19-16(20)13-6-3-1-2-4-7-13;/h5,8-9,12-13,18H,1-4,6-7,10-11,17H2,(H,19,20);1H. The Balaban J connectivity index is 0.00000288. The molecular weight excluding hydrogens is 350 g/mol. The third-order valence-electron chi connectivity index (χ3n) is 4.07. The van der Waals surface area contributed by atoms with Crippen LogP contribution in [0.2, 0.25) is 0 Å². The van der Waals surface area contributed by atoms with Gasteiger partial charge in [0.05, 0.1) is 4.90 Å². The number of nitrogens with two attached hydrogens (primary N) is 1. The second kappa shape index (κ2) is 9.98. The fraction of sp³-hybridized carbons (Fsp3) is 0.562. The molecule has 6 nitrogen and oxygen atoms in total. The number of anilines is 1. The molecule has 0 spiro atoms. The fourth-order valence-electron chi connectivity index (χ4n) is 2.80. The number of nitrogens with one attached hydrogen (secondary N) is 2. The number of rotatable bonds is 6. The van der Waals surface area contributed by atoms with Crippen LogP contribution in [-0.4, -0.2) is 27.4 Å². The highest BCUT2D eigenvalue weighted by molar-refractivity contribution is 7.89.